The number of rotatable bonds is 7. The lowest BCUT2D eigenvalue weighted by atomic mass is 9.90. The minimum atomic E-state index is -0.437. The fraction of sp³-hybridized carbons (Fsp3) is 0.562. The van der Waals surface area contributed by atoms with Gasteiger partial charge in [-0.3, -0.25) is 4.79 Å². The predicted octanol–water partition coefficient (Wildman–Crippen LogP) is 3.10. The van der Waals surface area contributed by atoms with Crippen molar-refractivity contribution in [1.29, 1.82) is 0 Å². The molecule has 1 aromatic rings. The molecule has 0 aliphatic carbocycles. The number of carbonyl (C=O) groups excluding carboxylic acids is 1. The van der Waals surface area contributed by atoms with Gasteiger partial charge in [-0.15, -0.1) is 0 Å². The Morgan fingerprint density at radius 1 is 1.32 bits per heavy atom. The van der Waals surface area contributed by atoms with Crippen LogP contribution in [0.15, 0.2) is 30.3 Å². The average molecular weight is 263 g/mol. The molecule has 3 heteroatoms. The predicted molar refractivity (Wildman–Crippen MR) is 77.9 cm³/mol. The first-order chi connectivity index (χ1) is 9.04. The maximum atomic E-state index is 11.8. The Morgan fingerprint density at radius 3 is 2.42 bits per heavy atom. The van der Waals surface area contributed by atoms with Crippen molar-refractivity contribution in [3.05, 3.63) is 35.9 Å². The molecule has 3 nitrogen and oxygen atoms in total. The van der Waals surface area contributed by atoms with Crippen molar-refractivity contribution in [2.45, 2.75) is 39.2 Å². The van der Waals surface area contributed by atoms with Gasteiger partial charge in [-0.2, -0.15) is 0 Å². The number of methoxy groups -OCH3 is 1. The summed E-state index contributed by atoms with van der Waals surface area (Å²) in [6.45, 7) is 6.67. The molecule has 0 bridgehead atoms. The molecule has 0 spiro atoms. The monoisotopic (exact) mass is 263 g/mol. The van der Waals surface area contributed by atoms with Crippen LogP contribution < -0.4 is 5.32 Å². The molecule has 1 unspecified atom stereocenters. The highest BCUT2D eigenvalue weighted by Gasteiger charge is 2.30. The number of hydrogen-bond acceptors (Lipinski definition) is 2. The van der Waals surface area contributed by atoms with Crippen molar-refractivity contribution in [2.24, 2.45) is 5.92 Å². The second kappa shape index (κ2) is 7.29. The molecular weight excluding hydrogens is 238 g/mol. The minimum absolute atomic E-state index is 0.0841. The lowest BCUT2D eigenvalue weighted by Gasteiger charge is -2.32. The molecule has 0 radical (unpaired) electrons. The summed E-state index contributed by atoms with van der Waals surface area (Å²) < 4.78 is 5.71. The van der Waals surface area contributed by atoms with Crippen LogP contribution in [0.1, 0.15) is 39.2 Å². The van der Waals surface area contributed by atoms with Crippen LogP contribution >= 0.6 is 0 Å². The molecule has 0 saturated carbocycles. The van der Waals surface area contributed by atoms with Gasteiger partial charge in [0.2, 0.25) is 5.91 Å². The fourth-order valence-electron chi connectivity index (χ4n) is 2.19. The Hall–Kier alpha value is -1.35. The molecule has 0 aliphatic rings. The quantitative estimate of drug-likeness (QED) is 0.821. The van der Waals surface area contributed by atoms with E-state index < -0.39 is 5.60 Å². The summed E-state index contributed by atoms with van der Waals surface area (Å²) >= 11 is 0. The van der Waals surface area contributed by atoms with E-state index in [4.69, 9.17) is 4.74 Å². The average Bonchev–Trinajstić information content (AvgIpc) is 2.41. The van der Waals surface area contributed by atoms with Crippen molar-refractivity contribution >= 4 is 5.91 Å². The van der Waals surface area contributed by atoms with E-state index in [1.54, 1.807) is 7.11 Å². The maximum Gasteiger partial charge on any atom is 0.220 e. The number of ether oxygens (including phenoxy) is 1. The first kappa shape index (κ1) is 15.7. The molecule has 1 aromatic carbocycles. The molecule has 0 saturated heterocycles. The number of hydrogen-bond donors (Lipinski definition) is 1. The van der Waals surface area contributed by atoms with Crippen molar-refractivity contribution in [3.8, 4) is 0 Å². The van der Waals surface area contributed by atoms with Crippen LogP contribution in [0.3, 0.4) is 0 Å². The normalized spacial score (nSPS) is 14.2. The summed E-state index contributed by atoms with van der Waals surface area (Å²) in [5.41, 5.74) is 0.665. The number of benzene rings is 1. The smallest absolute Gasteiger partial charge is 0.220 e. The third-order valence-electron chi connectivity index (χ3n) is 3.43. The highest BCUT2D eigenvalue weighted by Crippen LogP contribution is 2.28. The molecule has 0 heterocycles. The first-order valence-electron chi connectivity index (χ1n) is 6.91. The van der Waals surface area contributed by atoms with Gasteiger partial charge in [0, 0.05) is 13.5 Å². The molecule has 106 valence electrons. The molecular formula is C16H25NO2. The van der Waals surface area contributed by atoms with Gasteiger partial charge in [-0.1, -0.05) is 51.1 Å². The Morgan fingerprint density at radius 2 is 1.95 bits per heavy atom. The van der Waals surface area contributed by atoms with Gasteiger partial charge in [-0.25, -0.2) is 0 Å². The molecule has 0 aromatic heterocycles. The second-order valence-electron chi connectivity index (χ2n) is 5.29. The van der Waals surface area contributed by atoms with Crippen LogP contribution in [0.25, 0.3) is 0 Å². The van der Waals surface area contributed by atoms with Gasteiger partial charge in [0.25, 0.3) is 0 Å². The summed E-state index contributed by atoms with van der Waals surface area (Å²) in [7, 11) is 1.70. The van der Waals surface area contributed by atoms with Crippen molar-refractivity contribution in [2.75, 3.05) is 13.7 Å². The van der Waals surface area contributed by atoms with Crippen molar-refractivity contribution in [1.82, 2.24) is 5.32 Å². The molecule has 1 N–H and O–H groups in total. The van der Waals surface area contributed by atoms with Gasteiger partial charge in [0.05, 0.1) is 6.54 Å². The molecule has 1 atom stereocenters. The van der Waals surface area contributed by atoms with E-state index in [0.29, 0.717) is 18.9 Å². The van der Waals surface area contributed by atoms with Crippen LogP contribution in [0, 0.1) is 5.92 Å². The standard InChI is InChI=1S/C16H25NO2/c1-5-16(19-4,14-9-7-6-8-10-14)12-17-15(18)11-13(2)3/h6-10,13H,5,11-12H2,1-4H3,(H,17,18). The third kappa shape index (κ3) is 4.35. The Balaban J connectivity index is 2.75. The molecule has 0 fully saturated rings. The summed E-state index contributed by atoms with van der Waals surface area (Å²) in [4.78, 5) is 11.8. The van der Waals surface area contributed by atoms with E-state index in [-0.39, 0.29) is 5.91 Å². The van der Waals surface area contributed by atoms with E-state index in [9.17, 15) is 4.79 Å². The summed E-state index contributed by atoms with van der Waals surface area (Å²) in [6, 6.07) is 10.1. The largest absolute Gasteiger partial charge is 0.372 e. The fourth-order valence-corrected chi connectivity index (χ4v) is 2.19. The topological polar surface area (TPSA) is 38.3 Å². The van der Waals surface area contributed by atoms with E-state index >= 15 is 0 Å². The Bertz CT molecular complexity index is 383. The SMILES string of the molecule is CCC(CNC(=O)CC(C)C)(OC)c1ccccc1. The number of amides is 1. The highest BCUT2D eigenvalue weighted by atomic mass is 16.5. The van der Waals surface area contributed by atoms with Gasteiger partial charge < -0.3 is 10.1 Å². The zero-order valence-electron chi connectivity index (χ0n) is 12.4. The van der Waals surface area contributed by atoms with Gasteiger partial charge in [0.1, 0.15) is 5.60 Å². The lowest BCUT2D eigenvalue weighted by molar-refractivity contribution is -0.123. The Kier molecular flexibility index (Phi) is 6.03. The maximum absolute atomic E-state index is 11.8. The zero-order valence-corrected chi connectivity index (χ0v) is 12.4. The highest BCUT2D eigenvalue weighted by molar-refractivity contribution is 5.76. The van der Waals surface area contributed by atoms with Gasteiger partial charge in [0.15, 0.2) is 0 Å². The van der Waals surface area contributed by atoms with Crippen molar-refractivity contribution in [3.63, 3.8) is 0 Å². The summed E-state index contributed by atoms with van der Waals surface area (Å²) in [5.74, 6) is 0.455. The lowest BCUT2D eigenvalue weighted by Crippen LogP contribution is -2.42. The number of nitrogens with one attached hydrogen (secondary N) is 1. The van der Waals surface area contributed by atoms with Crippen LogP contribution in [-0.2, 0) is 15.1 Å². The van der Waals surface area contributed by atoms with Crippen LogP contribution in [0.2, 0.25) is 0 Å². The van der Waals surface area contributed by atoms with E-state index in [2.05, 4.69) is 12.2 Å². The first-order valence-corrected chi connectivity index (χ1v) is 6.91. The van der Waals surface area contributed by atoms with E-state index in [1.807, 2.05) is 44.2 Å². The molecule has 1 amide bonds. The third-order valence-corrected chi connectivity index (χ3v) is 3.43. The summed E-state index contributed by atoms with van der Waals surface area (Å²) in [6.07, 6.45) is 1.37. The zero-order chi connectivity index (χ0) is 14.3. The van der Waals surface area contributed by atoms with Crippen LogP contribution in [0.4, 0.5) is 0 Å². The van der Waals surface area contributed by atoms with Crippen LogP contribution in [-0.4, -0.2) is 19.6 Å². The van der Waals surface area contributed by atoms with E-state index in [1.165, 1.54) is 0 Å². The number of carbonyl (C=O) groups is 1. The molecule has 19 heavy (non-hydrogen) atoms. The van der Waals surface area contributed by atoms with Crippen molar-refractivity contribution < 1.29 is 9.53 Å². The minimum Gasteiger partial charge on any atom is -0.372 e. The summed E-state index contributed by atoms with van der Waals surface area (Å²) in [5, 5.41) is 2.99. The molecule has 0 aliphatic heterocycles. The Labute approximate surface area is 116 Å². The second-order valence-corrected chi connectivity index (χ2v) is 5.29. The van der Waals surface area contributed by atoms with Crippen LogP contribution in [0.5, 0.6) is 0 Å². The molecule has 1 rings (SSSR count). The van der Waals surface area contributed by atoms with Gasteiger partial charge >= 0.3 is 0 Å². The van der Waals surface area contributed by atoms with E-state index in [0.717, 1.165) is 12.0 Å². The van der Waals surface area contributed by atoms with Gasteiger partial charge in [-0.05, 0) is 17.9 Å².